The molecule has 0 bridgehead atoms. The van der Waals surface area contributed by atoms with Gasteiger partial charge in [-0.25, -0.2) is 4.39 Å². The van der Waals surface area contributed by atoms with Crippen LogP contribution in [0.25, 0.3) is 11.5 Å². The van der Waals surface area contributed by atoms with E-state index in [-0.39, 0.29) is 36.8 Å². The zero-order valence-electron chi connectivity index (χ0n) is 12.9. The highest BCUT2D eigenvalue weighted by Gasteiger charge is 2.17. The third-order valence-electron chi connectivity index (χ3n) is 3.59. The van der Waals surface area contributed by atoms with Crippen LogP contribution in [0.4, 0.5) is 4.39 Å². The molecular formula is C17H12FN3O4. The first-order valence-corrected chi connectivity index (χ1v) is 7.45. The smallest absolute Gasteiger partial charge is 0.251 e. The molecule has 126 valence electrons. The van der Waals surface area contributed by atoms with Crippen LogP contribution in [0.2, 0.25) is 0 Å². The van der Waals surface area contributed by atoms with Gasteiger partial charge in [0, 0.05) is 11.1 Å². The molecule has 1 aromatic heterocycles. The maximum Gasteiger partial charge on any atom is 0.251 e. The number of hydrogen-bond donors (Lipinski definition) is 1. The summed E-state index contributed by atoms with van der Waals surface area (Å²) in [6.45, 7) is 0.218. The van der Waals surface area contributed by atoms with Crippen molar-refractivity contribution < 1.29 is 23.1 Å². The molecule has 4 rings (SSSR count). The van der Waals surface area contributed by atoms with Crippen LogP contribution in [0.5, 0.6) is 11.5 Å². The fourth-order valence-corrected chi connectivity index (χ4v) is 2.33. The molecule has 0 saturated carbocycles. The Labute approximate surface area is 141 Å². The van der Waals surface area contributed by atoms with Crippen molar-refractivity contribution in [3.05, 3.63) is 59.7 Å². The van der Waals surface area contributed by atoms with E-state index < -0.39 is 0 Å². The van der Waals surface area contributed by atoms with E-state index in [0.29, 0.717) is 22.6 Å². The molecule has 2 aromatic carbocycles. The summed E-state index contributed by atoms with van der Waals surface area (Å²) in [6, 6.07) is 10.6. The number of aromatic nitrogens is 2. The van der Waals surface area contributed by atoms with Crippen LogP contribution in [0, 0.1) is 5.82 Å². The number of amides is 1. The van der Waals surface area contributed by atoms with Crippen LogP contribution in [0.1, 0.15) is 16.2 Å². The number of halogens is 1. The molecule has 0 fully saturated rings. The number of carbonyl (C=O) groups excluding carboxylic acids is 1. The first-order valence-electron chi connectivity index (χ1n) is 7.45. The summed E-state index contributed by atoms with van der Waals surface area (Å²) in [7, 11) is 0. The van der Waals surface area contributed by atoms with Gasteiger partial charge >= 0.3 is 0 Å². The second kappa shape index (κ2) is 6.23. The minimum Gasteiger partial charge on any atom is -0.454 e. The predicted octanol–water partition coefficient (Wildman–Crippen LogP) is 2.53. The summed E-state index contributed by atoms with van der Waals surface area (Å²) in [6.07, 6.45) is 0. The van der Waals surface area contributed by atoms with Crippen molar-refractivity contribution in [1.29, 1.82) is 0 Å². The van der Waals surface area contributed by atoms with Crippen molar-refractivity contribution in [2.75, 3.05) is 6.79 Å². The zero-order chi connectivity index (χ0) is 17.2. The van der Waals surface area contributed by atoms with Crippen LogP contribution in [-0.2, 0) is 6.54 Å². The third-order valence-corrected chi connectivity index (χ3v) is 3.59. The van der Waals surface area contributed by atoms with E-state index in [1.807, 2.05) is 0 Å². The molecule has 0 saturated heterocycles. The topological polar surface area (TPSA) is 86.5 Å². The monoisotopic (exact) mass is 341 g/mol. The Morgan fingerprint density at radius 1 is 1.08 bits per heavy atom. The van der Waals surface area contributed by atoms with Gasteiger partial charge in [-0.15, -0.1) is 10.2 Å². The van der Waals surface area contributed by atoms with Gasteiger partial charge in [0.2, 0.25) is 18.6 Å². The van der Waals surface area contributed by atoms with Crippen LogP contribution in [0.3, 0.4) is 0 Å². The van der Waals surface area contributed by atoms with Gasteiger partial charge in [0.1, 0.15) is 5.82 Å². The number of nitrogens with zero attached hydrogens (tertiary/aromatic N) is 2. The van der Waals surface area contributed by atoms with Gasteiger partial charge in [0.05, 0.1) is 6.54 Å². The van der Waals surface area contributed by atoms with Crippen molar-refractivity contribution >= 4 is 5.91 Å². The number of benzene rings is 2. The van der Waals surface area contributed by atoms with Gasteiger partial charge in [0.15, 0.2) is 11.5 Å². The number of carbonyl (C=O) groups is 1. The molecular weight excluding hydrogens is 329 g/mol. The highest BCUT2D eigenvalue weighted by Crippen LogP contribution is 2.32. The largest absolute Gasteiger partial charge is 0.454 e. The standard InChI is InChI=1S/C17H12FN3O4/c18-12-4-1-10(2-5-12)17-21-20-15(25-17)8-19-16(22)11-3-6-13-14(7-11)24-9-23-13/h1-7H,8-9H2,(H,19,22). The van der Waals surface area contributed by atoms with Crippen molar-refractivity contribution in [3.63, 3.8) is 0 Å². The fourth-order valence-electron chi connectivity index (χ4n) is 2.33. The molecule has 1 amide bonds. The minimum absolute atomic E-state index is 0.0709. The SMILES string of the molecule is O=C(NCc1nnc(-c2ccc(F)cc2)o1)c1ccc2c(c1)OCO2. The molecule has 1 aliphatic heterocycles. The number of ether oxygens (including phenoxy) is 2. The molecule has 1 N–H and O–H groups in total. The quantitative estimate of drug-likeness (QED) is 0.785. The van der Waals surface area contributed by atoms with Gasteiger partial charge in [-0.1, -0.05) is 0 Å². The Morgan fingerprint density at radius 2 is 1.88 bits per heavy atom. The molecule has 7 nitrogen and oxygen atoms in total. The lowest BCUT2D eigenvalue weighted by atomic mass is 10.2. The predicted molar refractivity (Wildman–Crippen MR) is 83.4 cm³/mol. The summed E-state index contributed by atoms with van der Waals surface area (Å²) in [5.41, 5.74) is 1.03. The molecule has 0 atom stereocenters. The molecule has 2 heterocycles. The van der Waals surface area contributed by atoms with Crippen LogP contribution in [0.15, 0.2) is 46.9 Å². The van der Waals surface area contributed by atoms with E-state index in [1.165, 1.54) is 24.3 Å². The zero-order valence-corrected chi connectivity index (χ0v) is 12.9. The Kier molecular flexibility index (Phi) is 3.77. The molecule has 0 unspecified atom stereocenters. The molecule has 1 aliphatic rings. The Bertz CT molecular complexity index is 924. The van der Waals surface area contributed by atoms with Crippen molar-refractivity contribution in [3.8, 4) is 23.0 Å². The molecule has 25 heavy (non-hydrogen) atoms. The number of rotatable bonds is 4. The van der Waals surface area contributed by atoms with Crippen LogP contribution >= 0.6 is 0 Å². The molecule has 0 spiro atoms. The van der Waals surface area contributed by atoms with E-state index >= 15 is 0 Å². The summed E-state index contributed by atoms with van der Waals surface area (Å²) < 4.78 is 28.8. The average Bonchev–Trinajstić information content (AvgIpc) is 3.29. The van der Waals surface area contributed by atoms with Crippen molar-refractivity contribution in [1.82, 2.24) is 15.5 Å². The molecule has 0 aliphatic carbocycles. The highest BCUT2D eigenvalue weighted by molar-refractivity contribution is 5.94. The number of nitrogens with one attached hydrogen (secondary N) is 1. The van der Waals surface area contributed by atoms with E-state index in [2.05, 4.69) is 15.5 Å². The molecule has 8 heteroatoms. The summed E-state index contributed by atoms with van der Waals surface area (Å²) in [5, 5.41) is 10.4. The van der Waals surface area contributed by atoms with E-state index in [4.69, 9.17) is 13.9 Å². The van der Waals surface area contributed by atoms with Crippen molar-refractivity contribution in [2.24, 2.45) is 0 Å². The lowest BCUT2D eigenvalue weighted by molar-refractivity contribution is 0.0947. The van der Waals surface area contributed by atoms with Crippen molar-refractivity contribution in [2.45, 2.75) is 6.54 Å². The Hall–Kier alpha value is -3.42. The fraction of sp³-hybridized carbons (Fsp3) is 0.118. The summed E-state index contributed by atoms with van der Waals surface area (Å²) in [5.74, 6) is 0.987. The number of hydrogen-bond acceptors (Lipinski definition) is 6. The Morgan fingerprint density at radius 3 is 2.72 bits per heavy atom. The molecule has 3 aromatic rings. The molecule has 0 radical (unpaired) electrons. The Balaban J connectivity index is 1.41. The maximum atomic E-state index is 12.9. The normalized spacial score (nSPS) is 12.2. The average molecular weight is 341 g/mol. The van der Waals surface area contributed by atoms with Gasteiger partial charge < -0.3 is 19.2 Å². The van der Waals surface area contributed by atoms with Gasteiger partial charge in [0.25, 0.3) is 5.91 Å². The van der Waals surface area contributed by atoms with Gasteiger partial charge in [-0.2, -0.15) is 0 Å². The van der Waals surface area contributed by atoms with Crippen LogP contribution < -0.4 is 14.8 Å². The first kappa shape index (κ1) is 15.1. The second-order valence-electron chi connectivity index (χ2n) is 5.26. The first-order chi connectivity index (χ1) is 12.2. The van der Waals surface area contributed by atoms with Gasteiger partial charge in [-0.3, -0.25) is 4.79 Å². The summed E-state index contributed by atoms with van der Waals surface area (Å²) >= 11 is 0. The minimum atomic E-state index is -0.348. The lowest BCUT2D eigenvalue weighted by Crippen LogP contribution is -2.22. The maximum absolute atomic E-state index is 12.9. The van der Waals surface area contributed by atoms with Crippen LogP contribution in [-0.4, -0.2) is 22.9 Å². The third kappa shape index (κ3) is 3.14. The summed E-state index contributed by atoms with van der Waals surface area (Å²) in [4.78, 5) is 12.2. The number of fused-ring (bicyclic) bond motifs is 1. The van der Waals surface area contributed by atoms with E-state index in [1.54, 1.807) is 18.2 Å². The lowest BCUT2D eigenvalue weighted by Gasteiger charge is -2.03. The second-order valence-corrected chi connectivity index (χ2v) is 5.26. The van der Waals surface area contributed by atoms with Gasteiger partial charge in [-0.05, 0) is 42.5 Å². The van der Waals surface area contributed by atoms with E-state index in [0.717, 1.165) is 0 Å². The van der Waals surface area contributed by atoms with E-state index in [9.17, 15) is 9.18 Å². The highest BCUT2D eigenvalue weighted by atomic mass is 19.1.